The highest BCUT2D eigenvalue weighted by atomic mass is 16.5. The van der Waals surface area contributed by atoms with Crippen molar-refractivity contribution in [1.82, 2.24) is 0 Å². The molecule has 0 N–H and O–H groups in total. The lowest BCUT2D eigenvalue weighted by Crippen LogP contribution is -2.18. The molecule has 28 heavy (non-hydrogen) atoms. The SMILES string of the molecule is CCCCCCCCCCCCCCC(CCC)OCC(=O)c1ccccc1. The van der Waals surface area contributed by atoms with Gasteiger partial charge < -0.3 is 4.74 Å². The smallest absolute Gasteiger partial charge is 0.188 e. The highest BCUT2D eigenvalue weighted by Gasteiger charge is 2.12. The molecule has 0 aliphatic heterocycles. The van der Waals surface area contributed by atoms with Crippen LogP contribution in [0.2, 0.25) is 0 Å². The van der Waals surface area contributed by atoms with E-state index in [0.29, 0.717) is 0 Å². The first kappa shape index (κ1) is 24.9. The van der Waals surface area contributed by atoms with E-state index in [1.54, 1.807) is 0 Å². The molecule has 1 unspecified atom stereocenters. The van der Waals surface area contributed by atoms with E-state index in [1.807, 2.05) is 30.3 Å². The third-order valence-corrected chi connectivity index (χ3v) is 5.54. The first-order valence-corrected chi connectivity index (χ1v) is 12.0. The van der Waals surface area contributed by atoms with Crippen LogP contribution in [0.25, 0.3) is 0 Å². The molecule has 1 rings (SSSR count). The lowest BCUT2D eigenvalue weighted by atomic mass is 10.0. The number of ether oxygens (including phenoxy) is 1. The zero-order valence-electron chi connectivity index (χ0n) is 18.6. The number of carbonyl (C=O) groups excluding carboxylic acids is 1. The van der Waals surface area contributed by atoms with Gasteiger partial charge in [0.05, 0.1) is 6.10 Å². The van der Waals surface area contributed by atoms with Crippen LogP contribution in [0.4, 0.5) is 0 Å². The summed E-state index contributed by atoms with van der Waals surface area (Å²) in [4.78, 5) is 12.2. The van der Waals surface area contributed by atoms with Gasteiger partial charge in [-0.1, -0.05) is 128 Å². The van der Waals surface area contributed by atoms with Gasteiger partial charge in [0.15, 0.2) is 5.78 Å². The van der Waals surface area contributed by atoms with Crippen molar-refractivity contribution in [2.24, 2.45) is 0 Å². The van der Waals surface area contributed by atoms with E-state index in [-0.39, 0.29) is 18.5 Å². The van der Waals surface area contributed by atoms with Gasteiger partial charge >= 0.3 is 0 Å². The maximum Gasteiger partial charge on any atom is 0.188 e. The Hall–Kier alpha value is -1.15. The summed E-state index contributed by atoms with van der Waals surface area (Å²) in [6, 6.07) is 9.48. The van der Waals surface area contributed by atoms with Gasteiger partial charge in [0, 0.05) is 5.56 Å². The van der Waals surface area contributed by atoms with Gasteiger partial charge in [0.1, 0.15) is 6.61 Å². The Bertz CT molecular complexity index is 469. The van der Waals surface area contributed by atoms with Crippen molar-refractivity contribution in [3.8, 4) is 0 Å². The summed E-state index contributed by atoms with van der Waals surface area (Å²) >= 11 is 0. The average molecular weight is 389 g/mol. The van der Waals surface area contributed by atoms with E-state index in [2.05, 4.69) is 13.8 Å². The lowest BCUT2D eigenvalue weighted by molar-refractivity contribution is 0.0363. The van der Waals surface area contributed by atoms with E-state index < -0.39 is 0 Å². The molecule has 2 nitrogen and oxygen atoms in total. The number of Topliss-reactive ketones (excluding diaryl/α,β-unsaturated/α-hetero) is 1. The number of carbonyl (C=O) groups is 1. The Kier molecular flexibility index (Phi) is 15.9. The van der Waals surface area contributed by atoms with Crippen molar-refractivity contribution in [2.45, 2.75) is 116 Å². The number of hydrogen-bond donors (Lipinski definition) is 0. The van der Waals surface area contributed by atoms with Gasteiger partial charge in [-0.3, -0.25) is 4.79 Å². The number of ketones is 1. The molecule has 2 heteroatoms. The third-order valence-electron chi connectivity index (χ3n) is 5.54. The van der Waals surface area contributed by atoms with Crippen molar-refractivity contribution in [3.05, 3.63) is 35.9 Å². The van der Waals surface area contributed by atoms with Gasteiger partial charge in [0.25, 0.3) is 0 Å². The molecular weight excluding hydrogens is 344 g/mol. The zero-order valence-corrected chi connectivity index (χ0v) is 18.6. The van der Waals surface area contributed by atoms with Gasteiger partial charge in [-0.2, -0.15) is 0 Å². The molecule has 0 spiro atoms. The second-order valence-corrected chi connectivity index (χ2v) is 8.19. The number of hydrogen-bond acceptors (Lipinski definition) is 2. The van der Waals surface area contributed by atoms with Crippen LogP contribution >= 0.6 is 0 Å². The van der Waals surface area contributed by atoms with E-state index in [0.717, 1.165) is 24.8 Å². The largest absolute Gasteiger partial charge is 0.370 e. The Balaban J connectivity index is 2.02. The van der Waals surface area contributed by atoms with Crippen LogP contribution < -0.4 is 0 Å². The quantitative estimate of drug-likeness (QED) is 0.176. The molecule has 0 saturated carbocycles. The topological polar surface area (TPSA) is 26.3 Å². The molecule has 0 heterocycles. The molecule has 0 aliphatic rings. The summed E-state index contributed by atoms with van der Waals surface area (Å²) in [6.45, 7) is 4.69. The predicted molar refractivity (Wildman–Crippen MR) is 121 cm³/mol. The monoisotopic (exact) mass is 388 g/mol. The average Bonchev–Trinajstić information content (AvgIpc) is 2.73. The van der Waals surface area contributed by atoms with Crippen LogP contribution in [0, 0.1) is 0 Å². The maximum absolute atomic E-state index is 12.2. The highest BCUT2D eigenvalue weighted by molar-refractivity contribution is 5.96. The number of benzene rings is 1. The number of rotatable bonds is 19. The van der Waals surface area contributed by atoms with Crippen LogP contribution in [0.3, 0.4) is 0 Å². The molecule has 0 aromatic heterocycles. The van der Waals surface area contributed by atoms with E-state index in [9.17, 15) is 4.79 Å². The molecule has 0 fully saturated rings. The fraction of sp³-hybridized carbons (Fsp3) is 0.731. The minimum Gasteiger partial charge on any atom is -0.370 e. The molecule has 1 atom stereocenters. The van der Waals surface area contributed by atoms with Crippen LogP contribution in [-0.4, -0.2) is 18.5 Å². The Morgan fingerprint density at radius 2 is 1.25 bits per heavy atom. The normalized spacial score (nSPS) is 12.2. The van der Waals surface area contributed by atoms with Crippen LogP contribution in [0.1, 0.15) is 121 Å². The van der Waals surface area contributed by atoms with Crippen molar-refractivity contribution in [3.63, 3.8) is 0 Å². The molecule has 0 amide bonds. The van der Waals surface area contributed by atoms with Crippen molar-refractivity contribution in [1.29, 1.82) is 0 Å². The zero-order chi connectivity index (χ0) is 20.3. The summed E-state index contributed by atoms with van der Waals surface area (Å²) in [6.07, 6.45) is 20.0. The molecule has 0 aliphatic carbocycles. The molecule has 0 radical (unpaired) electrons. The summed E-state index contributed by atoms with van der Waals surface area (Å²) in [5.74, 6) is 0.0939. The highest BCUT2D eigenvalue weighted by Crippen LogP contribution is 2.16. The molecule has 1 aromatic rings. The first-order valence-electron chi connectivity index (χ1n) is 12.0. The fourth-order valence-electron chi connectivity index (χ4n) is 3.75. The molecule has 1 aromatic carbocycles. The Morgan fingerprint density at radius 3 is 1.79 bits per heavy atom. The lowest BCUT2D eigenvalue weighted by Gasteiger charge is -2.17. The minimum atomic E-state index is 0.0939. The summed E-state index contributed by atoms with van der Waals surface area (Å²) < 4.78 is 5.95. The standard InChI is InChI=1S/C26H44O2/c1-3-5-6-7-8-9-10-11-12-13-14-18-22-25(19-4-2)28-23-26(27)24-20-16-15-17-21-24/h15-17,20-21,25H,3-14,18-19,22-23H2,1-2H3. The van der Waals surface area contributed by atoms with Crippen LogP contribution in [0.15, 0.2) is 30.3 Å². The Labute approximate surface area is 174 Å². The van der Waals surface area contributed by atoms with Crippen molar-refractivity contribution >= 4 is 5.78 Å². The molecule has 160 valence electrons. The summed E-state index contributed by atoms with van der Waals surface area (Å²) in [5.41, 5.74) is 0.753. The summed E-state index contributed by atoms with van der Waals surface area (Å²) in [5, 5.41) is 0. The second kappa shape index (κ2) is 17.9. The molecule has 0 saturated heterocycles. The summed E-state index contributed by atoms with van der Waals surface area (Å²) in [7, 11) is 0. The maximum atomic E-state index is 12.2. The minimum absolute atomic E-state index is 0.0939. The van der Waals surface area contributed by atoms with Crippen molar-refractivity contribution < 1.29 is 9.53 Å². The van der Waals surface area contributed by atoms with Gasteiger partial charge in [-0.25, -0.2) is 0 Å². The number of unbranched alkanes of at least 4 members (excludes halogenated alkanes) is 11. The third kappa shape index (κ3) is 13.1. The van der Waals surface area contributed by atoms with Gasteiger partial charge in [-0.05, 0) is 12.8 Å². The molecular formula is C26H44O2. The van der Waals surface area contributed by atoms with Crippen LogP contribution in [-0.2, 0) is 4.74 Å². The predicted octanol–water partition coefficient (Wildman–Crippen LogP) is 8.15. The van der Waals surface area contributed by atoms with Gasteiger partial charge in [-0.15, -0.1) is 0 Å². The second-order valence-electron chi connectivity index (χ2n) is 8.19. The van der Waals surface area contributed by atoms with E-state index in [4.69, 9.17) is 4.74 Å². The van der Waals surface area contributed by atoms with Gasteiger partial charge in [0.2, 0.25) is 0 Å². The van der Waals surface area contributed by atoms with Crippen molar-refractivity contribution in [2.75, 3.05) is 6.61 Å². The first-order chi connectivity index (χ1) is 13.8. The van der Waals surface area contributed by atoms with E-state index in [1.165, 1.54) is 77.0 Å². The van der Waals surface area contributed by atoms with E-state index >= 15 is 0 Å². The fourth-order valence-corrected chi connectivity index (χ4v) is 3.75. The molecule has 0 bridgehead atoms. The van der Waals surface area contributed by atoms with Crippen LogP contribution in [0.5, 0.6) is 0 Å². The Morgan fingerprint density at radius 1 is 0.714 bits per heavy atom.